The fourth-order valence-corrected chi connectivity index (χ4v) is 11.7. The Morgan fingerprint density at radius 2 is 1.55 bits per heavy atom. The van der Waals surface area contributed by atoms with E-state index in [1.807, 2.05) is 48.4 Å². The van der Waals surface area contributed by atoms with Crippen molar-refractivity contribution in [2.45, 2.75) is 89.0 Å². The molecule has 12 rings (SSSR count). The molecule has 388 valence electrons. The molecule has 0 radical (unpaired) electrons. The van der Waals surface area contributed by atoms with Crippen LogP contribution in [0.1, 0.15) is 77.9 Å². The summed E-state index contributed by atoms with van der Waals surface area (Å²) in [5, 5.41) is 17.6. The molecule has 7 aliphatic heterocycles. The number of aliphatic hydroxyl groups is 1. The molecule has 74 heavy (non-hydrogen) atoms. The standard InChI is InChI=1S/C54H60N8O12/c1-29-42-26-62(42)25-35-17-32(31-7-11-36(69-3)12-8-31)24-59(35)51(66)38-19-44(71-5)46(21-41(38)62)73-16-6-15-72-45-20-39-37(18-43(45)70-4)50(65)60-28-54(13-14-54)22-40(60)52(67)61(39)53(68)74-27-34-10-9-33(23-56-34)58-48(63)30(2)57-49(64)47(29)55/h7-12,18-21,23-24,29-30,35,40,42,47,52,67H,6,13-17,22,25-28,55H2,1-5H3,(H-,57,58,63,64)/p+1/t29?,30?,35?,40?,42?,47-,52?,62?/m0/s1. The largest absolute Gasteiger partial charge is 0.497 e. The van der Waals surface area contributed by atoms with E-state index in [0.29, 0.717) is 71.8 Å². The predicted molar refractivity (Wildman–Crippen MR) is 270 cm³/mol. The van der Waals surface area contributed by atoms with Gasteiger partial charge in [0, 0.05) is 49.7 Å². The molecule has 4 aromatic rings. The van der Waals surface area contributed by atoms with Gasteiger partial charge in [0.25, 0.3) is 11.8 Å². The topological polar surface area (TPSA) is 234 Å². The van der Waals surface area contributed by atoms with Crippen LogP contribution in [0.4, 0.5) is 21.9 Å². The number of aromatic nitrogens is 1. The van der Waals surface area contributed by atoms with E-state index in [4.69, 9.17) is 34.2 Å². The van der Waals surface area contributed by atoms with Gasteiger partial charge in [0.15, 0.2) is 29.2 Å². The van der Waals surface area contributed by atoms with Gasteiger partial charge in [-0.1, -0.05) is 19.1 Å². The Balaban J connectivity index is 0.927. The van der Waals surface area contributed by atoms with Gasteiger partial charge in [-0.05, 0) is 73.1 Å². The summed E-state index contributed by atoms with van der Waals surface area (Å²) >= 11 is 0. The summed E-state index contributed by atoms with van der Waals surface area (Å²) in [6.07, 6.45) is 4.28. The van der Waals surface area contributed by atoms with E-state index in [-0.39, 0.29) is 71.9 Å². The number of amides is 5. The molecule has 5 N–H and O–H groups in total. The quantitative estimate of drug-likeness (QED) is 0.159. The Kier molecular flexibility index (Phi) is 12.4. The van der Waals surface area contributed by atoms with Crippen LogP contribution in [0.3, 0.4) is 0 Å². The van der Waals surface area contributed by atoms with E-state index in [1.54, 1.807) is 37.1 Å². The smallest absolute Gasteiger partial charge is 0.416 e. The van der Waals surface area contributed by atoms with Crippen LogP contribution in [0, 0.1) is 11.3 Å². The van der Waals surface area contributed by atoms with Crippen LogP contribution in [0.15, 0.2) is 73.1 Å². The molecule has 2 saturated heterocycles. The normalized spacial score (nSPS) is 28.3. The number of carbonyl (C=O) groups is 5. The number of aliphatic hydroxyl groups excluding tert-OH is 1. The molecule has 6 bridgehead atoms. The predicted octanol–water partition coefficient (Wildman–Crippen LogP) is 4.80. The van der Waals surface area contributed by atoms with Gasteiger partial charge in [0.1, 0.15) is 48.8 Å². The summed E-state index contributed by atoms with van der Waals surface area (Å²) in [7, 11) is 4.60. The van der Waals surface area contributed by atoms with Crippen LogP contribution in [0.5, 0.6) is 28.7 Å². The number of hydrogen-bond donors (Lipinski definition) is 4. The van der Waals surface area contributed by atoms with Crippen molar-refractivity contribution in [3.05, 3.63) is 95.4 Å². The molecule has 7 unspecified atom stereocenters. The van der Waals surface area contributed by atoms with Crippen molar-refractivity contribution in [3.8, 4) is 28.7 Å². The van der Waals surface area contributed by atoms with Crippen molar-refractivity contribution >= 4 is 52.4 Å². The van der Waals surface area contributed by atoms with Gasteiger partial charge in [0.05, 0.1) is 81.5 Å². The maximum atomic E-state index is 14.8. The third-order valence-corrected chi connectivity index (χ3v) is 16.2. The average molecular weight is 1010 g/mol. The molecule has 1 aromatic heterocycles. The number of ether oxygens (including phenoxy) is 6. The highest BCUT2D eigenvalue weighted by atomic mass is 16.6. The monoisotopic (exact) mass is 1010 g/mol. The fourth-order valence-electron chi connectivity index (χ4n) is 11.7. The van der Waals surface area contributed by atoms with Gasteiger partial charge in [0.2, 0.25) is 11.8 Å². The number of nitrogens with one attached hydrogen (secondary N) is 2. The number of rotatable bonds is 4. The zero-order chi connectivity index (χ0) is 51.8. The highest BCUT2D eigenvalue weighted by molar-refractivity contribution is 6.06. The first-order valence-electron chi connectivity index (χ1n) is 25.2. The number of methoxy groups -OCH3 is 3. The van der Waals surface area contributed by atoms with Crippen molar-refractivity contribution in [2.24, 2.45) is 17.1 Å². The number of pyridine rings is 1. The molecule has 3 aromatic carbocycles. The molecule has 8 heterocycles. The lowest BCUT2D eigenvalue weighted by atomic mass is 9.96. The van der Waals surface area contributed by atoms with Crippen molar-refractivity contribution in [1.29, 1.82) is 0 Å². The number of fused-ring (bicyclic) bond motifs is 16. The van der Waals surface area contributed by atoms with E-state index < -0.39 is 48.2 Å². The van der Waals surface area contributed by atoms with Crippen LogP contribution in [-0.2, 0) is 20.9 Å². The summed E-state index contributed by atoms with van der Waals surface area (Å²) in [5.74, 6) is 0.000472. The first kappa shape index (κ1) is 48.8. The molecule has 1 saturated carbocycles. The van der Waals surface area contributed by atoms with E-state index in [0.717, 1.165) is 40.3 Å². The van der Waals surface area contributed by atoms with Crippen molar-refractivity contribution < 1.29 is 57.5 Å². The van der Waals surface area contributed by atoms with E-state index in [2.05, 4.69) is 15.6 Å². The Bertz CT molecular complexity index is 2960. The van der Waals surface area contributed by atoms with Gasteiger partial charge in [-0.2, -0.15) is 0 Å². The molecule has 1 aliphatic carbocycles. The minimum Gasteiger partial charge on any atom is -0.497 e. The molecule has 20 heteroatoms. The first-order chi connectivity index (χ1) is 35.6. The summed E-state index contributed by atoms with van der Waals surface area (Å²) < 4.78 is 36.0. The SMILES string of the molecule is COc1ccc(C2=CN3C(=O)c4cc(OC)c5cc4[N+]4(CC3C2)CC4C(C)[C@H](N)C(=O)NC(C)C(=O)Nc2ccc(nc2)COC(=O)N2c3cc(c(OC)cc3C(=O)N3CC4(CC4)CC3C2O)OCCCO5)cc1. The zero-order valence-electron chi connectivity index (χ0n) is 42.0. The van der Waals surface area contributed by atoms with Crippen molar-refractivity contribution in [1.82, 2.24) is 24.6 Å². The van der Waals surface area contributed by atoms with Gasteiger partial charge < -0.3 is 59.7 Å². The number of hydrogen-bond acceptors (Lipinski definition) is 14. The number of anilines is 2. The third-order valence-electron chi connectivity index (χ3n) is 16.2. The number of carbonyl (C=O) groups excluding carboxylic acids is 5. The molecular formula is C54H61N8O12+. The molecule has 3 fully saturated rings. The van der Waals surface area contributed by atoms with Crippen LogP contribution >= 0.6 is 0 Å². The summed E-state index contributed by atoms with van der Waals surface area (Å²) in [4.78, 5) is 79.8. The van der Waals surface area contributed by atoms with E-state index >= 15 is 0 Å². The van der Waals surface area contributed by atoms with Gasteiger partial charge in [-0.25, -0.2) is 9.69 Å². The molecular weight excluding hydrogens is 953 g/mol. The highest BCUT2D eigenvalue weighted by Gasteiger charge is 2.65. The molecule has 8 aliphatic rings. The minimum absolute atomic E-state index is 0.0945. The first-order valence-corrected chi connectivity index (χ1v) is 25.2. The minimum atomic E-state index is -1.45. The lowest BCUT2D eigenvalue weighted by Gasteiger charge is -2.31. The number of quaternary nitrogens is 1. The number of nitrogens with zero attached hydrogens (tertiary/aromatic N) is 5. The molecule has 20 nitrogen and oxygen atoms in total. The van der Waals surface area contributed by atoms with E-state index in [1.165, 1.54) is 32.5 Å². The molecule has 5 amide bonds. The van der Waals surface area contributed by atoms with Crippen LogP contribution in [0.25, 0.3) is 5.57 Å². The van der Waals surface area contributed by atoms with Gasteiger partial charge in [-0.3, -0.25) is 28.6 Å². The van der Waals surface area contributed by atoms with E-state index in [9.17, 15) is 29.1 Å². The fraction of sp³-hybridized carbons (Fsp3) is 0.444. The Hall–Kier alpha value is -7.42. The average Bonchev–Trinajstić information content (AvgIpc) is 4.27. The summed E-state index contributed by atoms with van der Waals surface area (Å²) in [6.45, 7) is 5.03. The Morgan fingerprint density at radius 1 is 0.838 bits per heavy atom. The lowest BCUT2D eigenvalue weighted by molar-refractivity contribution is -0.127. The molecule has 8 atom stereocenters. The van der Waals surface area contributed by atoms with Crippen molar-refractivity contribution in [2.75, 3.05) is 64.4 Å². The Labute approximate surface area is 427 Å². The summed E-state index contributed by atoms with van der Waals surface area (Å²) in [6, 6.07) is 14.5. The second-order valence-corrected chi connectivity index (χ2v) is 20.7. The second-order valence-electron chi connectivity index (χ2n) is 20.7. The Morgan fingerprint density at radius 3 is 2.23 bits per heavy atom. The summed E-state index contributed by atoms with van der Waals surface area (Å²) in [5.41, 5.74) is 10.8. The van der Waals surface area contributed by atoms with Gasteiger partial charge >= 0.3 is 6.09 Å². The number of benzene rings is 3. The molecule has 2 spiro atoms. The maximum absolute atomic E-state index is 14.8. The van der Waals surface area contributed by atoms with Crippen LogP contribution in [0.2, 0.25) is 0 Å². The van der Waals surface area contributed by atoms with Crippen molar-refractivity contribution in [3.63, 3.8) is 0 Å². The maximum Gasteiger partial charge on any atom is 0.416 e. The zero-order valence-corrected chi connectivity index (χ0v) is 42.0. The van der Waals surface area contributed by atoms with Gasteiger partial charge in [-0.15, -0.1) is 0 Å². The third kappa shape index (κ3) is 8.57. The second kappa shape index (κ2) is 18.8. The highest BCUT2D eigenvalue weighted by Crippen LogP contribution is 2.57. The number of nitrogens with two attached hydrogens (primary N) is 1. The van der Waals surface area contributed by atoms with Crippen LogP contribution in [-0.4, -0.2) is 140 Å². The lowest BCUT2D eigenvalue weighted by Crippen LogP contribution is -2.53. The van der Waals surface area contributed by atoms with Crippen LogP contribution < -0.4 is 49.4 Å².